The number of anilines is 1. The number of benzene rings is 1. The average molecular weight is 312 g/mol. The van der Waals surface area contributed by atoms with E-state index in [1.54, 1.807) is 0 Å². The quantitative estimate of drug-likeness (QED) is 0.392. The highest BCUT2D eigenvalue weighted by Crippen LogP contribution is 2.28. The molecule has 7 nitrogen and oxygen atoms in total. The van der Waals surface area contributed by atoms with Gasteiger partial charge in [0.15, 0.2) is 0 Å². The second-order valence-electron chi connectivity index (χ2n) is 3.90. The number of non-ortho nitro benzene ring substituents is 1. The molecule has 1 aromatic carbocycles. The first-order valence-corrected chi connectivity index (χ1v) is 5.86. The summed E-state index contributed by atoms with van der Waals surface area (Å²) in [6, 6.07) is 4.00. The zero-order valence-electron chi connectivity index (χ0n) is 10.2. The number of nitro benzene ring substituents is 1. The molecule has 0 saturated heterocycles. The van der Waals surface area contributed by atoms with Gasteiger partial charge in [0.2, 0.25) is 0 Å². The van der Waals surface area contributed by atoms with Crippen molar-refractivity contribution < 1.29 is 19.2 Å². The van der Waals surface area contributed by atoms with Gasteiger partial charge >= 0.3 is 0 Å². The van der Waals surface area contributed by atoms with Crippen LogP contribution in [-0.4, -0.2) is 20.9 Å². The molecule has 0 fully saturated rings. The minimum absolute atomic E-state index is 0.0778. The molecule has 2 aromatic rings. The van der Waals surface area contributed by atoms with Gasteiger partial charge in [-0.15, -0.1) is 0 Å². The first-order chi connectivity index (χ1) is 9.88. The second-order valence-corrected chi connectivity index (χ2v) is 4.26. The van der Waals surface area contributed by atoms with Gasteiger partial charge in [-0.05, 0) is 12.1 Å². The van der Waals surface area contributed by atoms with Crippen LogP contribution in [0.2, 0.25) is 5.15 Å². The summed E-state index contributed by atoms with van der Waals surface area (Å²) in [6.45, 7) is 0. The van der Waals surface area contributed by atoms with Crippen LogP contribution in [0.15, 0.2) is 30.5 Å². The summed E-state index contributed by atoms with van der Waals surface area (Å²) >= 11 is 5.67. The Kier molecular flexibility index (Phi) is 3.99. The molecule has 1 amide bonds. The molecule has 0 unspecified atom stereocenters. The largest absolute Gasteiger partial charge is 0.506 e. The van der Waals surface area contributed by atoms with Crippen molar-refractivity contribution in [2.45, 2.75) is 0 Å². The van der Waals surface area contributed by atoms with Gasteiger partial charge in [-0.3, -0.25) is 14.9 Å². The van der Waals surface area contributed by atoms with Gasteiger partial charge in [0.25, 0.3) is 11.6 Å². The van der Waals surface area contributed by atoms with Crippen LogP contribution in [0.4, 0.5) is 15.8 Å². The highest BCUT2D eigenvalue weighted by molar-refractivity contribution is 6.33. The van der Waals surface area contributed by atoms with Crippen LogP contribution >= 0.6 is 11.6 Å². The van der Waals surface area contributed by atoms with Crippen LogP contribution in [0.5, 0.6) is 5.75 Å². The van der Waals surface area contributed by atoms with E-state index in [2.05, 4.69) is 10.3 Å². The number of rotatable bonds is 3. The third-order valence-corrected chi connectivity index (χ3v) is 2.79. The van der Waals surface area contributed by atoms with Crippen LogP contribution in [0, 0.1) is 15.9 Å². The van der Waals surface area contributed by atoms with Gasteiger partial charge in [-0.25, -0.2) is 9.37 Å². The molecular weight excluding hydrogens is 305 g/mol. The van der Waals surface area contributed by atoms with Crippen molar-refractivity contribution in [1.29, 1.82) is 0 Å². The number of phenols is 1. The molecule has 0 radical (unpaired) electrons. The van der Waals surface area contributed by atoms with Gasteiger partial charge in [0, 0.05) is 6.07 Å². The molecular formula is C12H7ClFN3O4. The molecule has 9 heteroatoms. The maximum atomic E-state index is 13.0. The van der Waals surface area contributed by atoms with Crippen LogP contribution < -0.4 is 5.32 Å². The lowest BCUT2D eigenvalue weighted by Gasteiger charge is -2.08. The summed E-state index contributed by atoms with van der Waals surface area (Å²) in [4.78, 5) is 25.2. The third kappa shape index (κ3) is 3.23. The zero-order chi connectivity index (χ0) is 15.6. The minimum Gasteiger partial charge on any atom is -0.506 e. The predicted octanol–water partition coefficient (Wildman–Crippen LogP) is 2.74. The van der Waals surface area contributed by atoms with Crippen LogP contribution in [-0.2, 0) is 0 Å². The first kappa shape index (κ1) is 14.7. The zero-order valence-corrected chi connectivity index (χ0v) is 11.0. The molecule has 108 valence electrons. The smallest absolute Gasteiger partial charge is 0.273 e. The standard InChI is InChI=1S/C12H7ClFN3O4/c13-11-8(3-6(14)5-15-11)12(19)16-9-2-1-7(17(20)21)4-10(9)18/h1-5,18H,(H,16,19). The molecule has 21 heavy (non-hydrogen) atoms. The van der Waals surface area contributed by atoms with Gasteiger partial charge in [-0.2, -0.15) is 0 Å². The lowest BCUT2D eigenvalue weighted by molar-refractivity contribution is -0.384. The van der Waals surface area contributed by atoms with Crippen molar-refractivity contribution in [3.05, 3.63) is 57.1 Å². The number of nitro groups is 1. The summed E-state index contributed by atoms with van der Waals surface area (Å²) in [7, 11) is 0. The van der Waals surface area contributed by atoms with Gasteiger partial charge in [-0.1, -0.05) is 11.6 Å². The van der Waals surface area contributed by atoms with Crippen molar-refractivity contribution in [1.82, 2.24) is 4.98 Å². The van der Waals surface area contributed by atoms with Crippen molar-refractivity contribution in [2.24, 2.45) is 0 Å². The summed E-state index contributed by atoms with van der Waals surface area (Å²) in [5.41, 5.74) is -0.642. The molecule has 0 saturated carbocycles. The Morgan fingerprint density at radius 1 is 1.43 bits per heavy atom. The number of halogens is 2. The fraction of sp³-hybridized carbons (Fsp3) is 0. The van der Waals surface area contributed by atoms with E-state index in [4.69, 9.17) is 11.6 Å². The predicted molar refractivity (Wildman–Crippen MR) is 71.9 cm³/mol. The number of hydrogen-bond donors (Lipinski definition) is 2. The van der Waals surface area contributed by atoms with E-state index in [9.17, 15) is 24.4 Å². The lowest BCUT2D eigenvalue weighted by atomic mass is 10.2. The summed E-state index contributed by atoms with van der Waals surface area (Å²) < 4.78 is 13.0. The number of nitrogens with zero attached hydrogens (tertiary/aromatic N) is 2. The van der Waals surface area contributed by atoms with Crippen LogP contribution in [0.3, 0.4) is 0 Å². The van der Waals surface area contributed by atoms with Crippen molar-refractivity contribution in [3.8, 4) is 5.75 Å². The average Bonchev–Trinajstić information content (AvgIpc) is 2.43. The Hall–Kier alpha value is -2.74. The van der Waals surface area contributed by atoms with Crippen molar-refractivity contribution in [2.75, 3.05) is 5.32 Å². The Morgan fingerprint density at radius 2 is 2.14 bits per heavy atom. The van der Waals surface area contributed by atoms with Crippen molar-refractivity contribution in [3.63, 3.8) is 0 Å². The second kappa shape index (κ2) is 5.71. The number of phenolic OH excluding ortho intramolecular Hbond substituents is 1. The van der Waals surface area contributed by atoms with Crippen LogP contribution in [0.1, 0.15) is 10.4 Å². The molecule has 0 bridgehead atoms. The van der Waals surface area contributed by atoms with E-state index in [-0.39, 0.29) is 22.1 Å². The lowest BCUT2D eigenvalue weighted by Crippen LogP contribution is -2.13. The Balaban J connectivity index is 2.27. The van der Waals surface area contributed by atoms with E-state index in [1.165, 1.54) is 0 Å². The number of carbonyl (C=O) groups excluding carboxylic acids is 1. The maximum absolute atomic E-state index is 13.0. The number of amides is 1. The molecule has 0 aliphatic carbocycles. The summed E-state index contributed by atoms with van der Waals surface area (Å²) in [5, 5.41) is 22.2. The van der Waals surface area contributed by atoms with Gasteiger partial charge in [0.05, 0.1) is 28.4 Å². The number of hydrogen-bond acceptors (Lipinski definition) is 5. The highest BCUT2D eigenvalue weighted by Gasteiger charge is 2.16. The van der Waals surface area contributed by atoms with Crippen LogP contribution in [0.25, 0.3) is 0 Å². The minimum atomic E-state index is -0.809. The molecule has 2 rings (SSSR count). The highest BCUT2D eigenvalue weighted by atomic mass is 35.5. The van der Waals surface area contributed by atoms with E-state index in [1.807, 2.05) is 0 Å². The Morgan fingerprint density at radius 3 is 2.76 bits per heavy atom. The first-order valence-electron chi connectivity index (χ1n) is 5.48. The Labute approximate surface area is 122 Å². The molecule has 0 aliphatic rings. The monoisotopic (exact) mass is 311 g/mol. The van der Waals surface area contributed by atoms with E-state index < -0.39 is 22.4 Å². The Bertz CT molecular complexity index is 738. The maximum Gasteiger partial charge on any atom is 0.273 e. The fourth-order valence-electron chi connectivity index (χ4n) is 1.51. The SMILES string of the molecule is O=C(Nc1ccc([N+](=O)[O-])cc1O)c1cc(F)cnc1Cl. The summed E-state index contributed by atoms with van der Waals surface area (Å²) in [6.07, 6.45) is 0.850. The van der Waals surface area contributed by atoms with Gasteiger partial charge in [0.1, 0.15) is 16.7 Å². The third-order valence-electron chi connectivity index (χ3n) is 2.49. The number of aromatic nitrogens is 1. The molecule has 1 heterocycles. The summed E-state index contributed by atoms with van der Waals surface area (Å²) in [5.74, 6) is -2.06. The number of carbonyl (C=O) groups is 1. The van der Waals surface area contributed by atoms with E-state index in [0.29, 0.717) is 0 Å². The molecule has 0 spiro atoms. The number of pyridine rings is 1. The molecule has 1 aromatic heterocycles. The van der Waals surface area contributed by atoms with Gasteiger partial charge < -0.3 is 10.4 Å². The fourth-order valence-corrected chi connectivity index (χ4v) is 1.70. The van der Waals surface area contributed by atoms with E-state index in [0.717, 1.165) is 30.5 Å². The van der Waals surface area contributed by atoms with Crippen molar-refractivity contribution >= 4 is 28.9 Å². The van der Waals surface area contributed by atoms with E-state index >= 15 is 0 Å². The molecule has 0 atom stereocenters. The molecule has 2 N–H and O–H groups in total. The normalized spacial score (nSPS) is 10.2. The number of nitrogens with one attached hydrogen (secondary N) is 1. The number of aromatic hydroxyl groups is 1. The topological polar surface area (TPSA) is 105 Å². The molecule has 0 aliphatic heterocycles.